The number of rotatable bonds is 19. The van der Waals surface area contributed by atoms with Gasteiger partial charge in [0.15, 0.2) is 30.4 Å². The average molecular weight is 1080 g/mol. The third-order valence-corrected chi connectivity index (χ3v) is 13.9. The Morgan fingerprint density at radius 2 is 1.45 bits per heavy atom. The van der Waals surface area contributed by atoms with Crippen molar-refractivity contribution < 1.29 is 65.5 Å². The smallest absolute Gasteiger partial charge is 0.416 e. The molecule has 1 unspecified atom stereocenters. The van der Waals surface area contributed by atoms with Crippen molar-refractivity contribution in [2.24, 2.45) is 0 Å². The van der Waals surface area contributed by atoms with Crippen molar-refractivity contribution in [1.82, 2.24) is 0 Å². The summed E-state index contributed by atoms with van der Waals surface area (Å²) in [6.07, 6.45) is 7.55. The van der Waals surface area contributed by atoms with E-state index < -0.39 is 29.3 Å². The van der Waals surface area contributed by atoms with Gasteiger partial charge in [0.25, 0.3) is 12.9 Å². The van der Waals surface area contributed by atoms with Crippen LogP contribution in [0.4, 0.5) is 18.9 Å². The molecule has 2 aromatic heterocycles. The molecular formula is C64H53F3N4O9. The average Bonchev–Trinajstić information content (AvgIpc) is 3.97. The van der Waals surface area contributed by atoms with Crippen molar-refractivity contribution in [1.29, 1.82) is 5.26 Å². The number of aromatic carboxylic acids is 1. The van der Waals surface area contributed by atoms with Crippen LogP contribution >= 0.6 is 0 Å². The normalized spacial score (nSPS) is 13.9. The fourth-order valence-electron chi connectivity index (χ4n) is 10.1. The topological polar surface area (TPSA) is 160 Å². The summed E-state index contributed by atoms with van der Waals surface area (Å²) in [4.78, 5) is 49.8. The predicted molar refractivity (Wildman–Crippen MR) is 291 cm³/mol. The summed E-state index contributed by atoms with van der Waals surface area (Å²) in [5.74, 6) is -0.557. The molecule has 10 rings (SSSR count). The lowest BCUT2D eigenvalue weighted by molar-refractivity contribution is -0.596. The first-order valence-electron chi connectivity index (χ1n) is 24.9. The van der Waals surface area contributed by atoms with E-state index in [1.54, 1.807) is 60.7 Å². The molecule has 8 aromatic rings. The number of aromatic nitrogens is 2. The summed E-state index contributed by atoms with van der Waals surface area (Å²) in [7, 11) is 0. The summed E-state index contributed by atoms with van der Waals surface area (Å²) in [6.45, 7) is 1.19. The molecule has 6 aromatic carbocycles. The molecule has 1 spiro atoms. The zero-order valence-corrected chi connectivity index (χ0v) is 43.6. The van der Waals surface area contributed by atoms with E-state index in [-0.39, 0.29) is 45.6 Å². The molecule has 16 heteroatoms. The highest BCUT2D eigenvalue weighted by molar-refractivity contribution is 5.97. The molecule has 1 atom stereocenters. The van der Waals surface area contributed by atoms with Gasteiger partial charge >= 0.3 is 18.1 Å². The van der Waals surface area contributed by atoms with Gasteiger partial charge < -0.3 is 43.8 Å². The summed E-state index contributed by atoms with van der Waals surface area (Å²) in [5, 5.41) is 19.7. The number of nitrogens with zero attached hydrogens (tertiary/aromatic N) is 4. The third kappa shape index (κ3) is 11.7. The van der Waals surface area contributed by atoms with Gasteiger partial charge in [-0.3, -0.25) is 9.59 Å². The number of esters is 1. The van der Waals surface area contributed by atoms with E-state index in [1.807, 2.05) is 118 Å². The molecule has 0 radical (unpaired) electrons. The SMILES string of the molecule is N#C/C(=C/CN(CCCCCc1cc(C(=O)O)ccc1-[n+]1ccc(-c2cc[n+](-c3ccc(OC=O)cc3)cc2)cc1)c1ccc2c(c1)Oc1ccc(Cc3cccc(C(F)(F)F)c3)cc1C21OC(=O)c2ccccc21)OC=O.[CH3-].[CH3-]. The molecule has 13 nitrogen and oxygen atoms in total. The molecule has 0 amide bonds. The summed E-state index contributed by atoms with van der Waals surface area (Å²) >= 11 is 0. The molecular weight excluding hydrogens is 1030 g/mol. The molecule has 1 N–H and O–H groups in total. The zero-order chi connectivity index (χ0) is 54.4. The number of nitriles is 1. The number of pyridine rings is 2. The molecule has 0 saturated heterocycles. The van der Waals surface area contributed by atoms with Gasteiger partial charge in [0, 0.05) is 89.6 Å². The number of hydrogen-bond acceptors (Lipinski definition) is 10. The van der Waals surface area contributed by atoms with Crippen molar-refractivity contribution in [2.75, 3.05) is 18.0 Å². The van der Waals surface area contributed by atoms with Gasteiger partial charge in [-0.05, 0) is 115 Å². The number of unbranched alkanes of at least 4 members (excludes halogenated alkanes) is 2. The zero-order valence-electron chi connectivity index (χ0n) is 43.6. The molecule has 0 aliphatic carbocycles. The van der Waals surface area contributed by atoms with Gasteiger partial charge in [0.05, 0.1) is 16.7 Å². The van der Waals surface area contributed by atoms with E-state index in [1.165, 1.54) is 12.1 Å². The predicted octanol–water partition coefficient (Wildman–Crippen LogP) is 12.0. The molecule has 2 aliphatic heterocycles. The Morgan fingerprint density at radius 1 is 0.725 bits per heavy atom. The number of allylic oxidation sites excluding steroid dienone is 1. The second-order valence-corrected chi connectivity index (χ2v) is 18.6. The van der Waals surface area contributed by atoms with Gasteiger partial charge in [-0.2, -0.15) is 27.6 Å². The molecule has 0 saturated carbocycles. The quantitative estimate of drug-likeness (QED) is 0.0156. The minimum absolute atomic E-state index is 0. The van der Waals surface area contributed by atoms with E-state index >= 15 is 0 Å². The molecule has 4 heterocycles. The van der Waals surface area contributed by atoms with Gasteiger partial charge in [0.1, 0.15) is 23.3 Å². The largest absolute Gasteiger partial charge is 0.478 e. The number of alkyl halides is 3. The number of carboxylic acid groups (broad SMARTS) is 1. The second kappa shape index (κ2) is 24.2. The van der Waals surface area contributed by atoms with Crippen LogP contribution in [0.5, 0.6) is 17.2 Å². The summed E-state index contributed by atoms with van der Waals surface area (Å²) in [5.41, 5.74) is 6.25. The number of aryl methyl sites for hydroxylation is 1. The van der Waals surface area contributed by atoms with Gasteiger partial charge in [-0.1, -0.05) is 48.9 Å². The number of benzene rings is 6. The van der Waals surface area contributed by atoms with Crippen molar-refractivity contribution in [3.8, 4) is 45.8 Å². The molecule has 0 fully saturated rings. The monoisotopic (exact) mass is 1080 g/mol. The van der Waals surface area contributed by atoms with Crippen LogP contribution in [0.1, 0.15) is 78.9 Å². The Labute approximate surface area is 460 Å². The van der Waals surface area contributed by atoms with E-state index in [4.69, 9.17) is 18.9 Å². The Balaban J connectivity index is 0.00000420. The first kappa shape index (κ1) is 56.3. The number of ether oxygens (including phenoxy) is 4. The number of carbonyl (C=O) groups excluding carboxylic acids is 3. The highest BCUT2D eigenvalue weighted by Gasteiger charge is 2.53. The second-order valence-electron chi connectivity index (χ2n) is 18.6. The van der Waals surface area contributed by atoms with Crippen LogP contribution in [0.3, 0.4) is 0 Å². The number of fused-ring (bicyclic) bond motifs is 6. The Hall–Kier alpha value is -9.88. The number of carbonyl (C=O) groups is 4. The van der Waals surface area contributed by atoms with Crippen LogP contribution in [0, 0.1) is 26.2 Å². The fraction of sp³-hybridized carbons (Fsp3) is 0.141. The fourth-order valence-corrected chi connectivity index (χ4v) is 10.1. The van der Waals surface area contributed by atoms with E-state index in [0.717, 1.165) is 40.2 Å². The lowest BCUT2D eigenvalue weighted by atomic mass is 9.77. The standard InChI is InChI=1S/C62H46F3N4O9.2CH3/c63-62(64,65)47-9-6-7-41(34-47)33-42-12-21-57-55(35-42)61(53-11-4-3-10-52(53)60(74)78-61)54-19-16-49(37-58(54)77-57)67(32-26-51(38-66)76-40-71)27-5-1-2-8-45-36-46(59(72)73)13-20-56(45)69-30-24-44(25-31-69)43-22-28-68(29-23-43)48-14-17-50(18-15-48)75-39-70;;/h3-4,6-7,9-26,28-31,34-37,39-40H,1-2,5,8,27,32-33H2;2*1H3/q+1;2*-1/p+1/b51-26-;;. The number of anilines is 1. The molecule has 0 bridgehead atoms. The van der Waals surface area contributed by atoms with Crippen LogP contribution < -0.4 is 23.5 Å². The summed E-state index contributed by atoms with van der Waals surface area (Å²) < 4.78 is 67.8. The van der Waals surface area contributed by atoms with Gasteiger partial charge in [-0.15, -0.1) is 0 Å². The van der Waals surface area contributed by atoms with Crippen LogP contribution in [-0.4, -0.2) is 43.1 Å². The maximum absolute atomic E-state index is 13.7. The minimum Gasteiger partial charge on any atom is -0.478 e. The van der Waals surface area contributed by atoms with Crippen molar-refractivity contribution >= 4 is 30.6 Å². The molecule has 404 valence electrons. The Morgan fingerprint density at radius 3 is 2.15 bits per heavy atom. The van der Waals surface area contributed by atoms with Crippen molar-refractivity contribution in [3.63, 3.8) is 0 Å². The van der Waals surface area contributed by atoms with Crippen LogP contribution in [0.2, 0.25) is 0 Å². The lowest BCUT2D eigenvalue weighted by Gasteiger charge is -2.37. The molecule has 2 aliphatic rings. The maximum Gasteiger partial charge on any atom is 0.416 e. The number of hydrogen-bond donors (Lipinski definition) is 1. The number of halogens is 3. The van der Waals surface area contributed by atoms with Crippen LogP contribution in [0.25, 0.3) is 22.5 Å². The van der Waals surface area contributed by atoms with Crippen molar-refractivity contribution in [2.45, 2.75) is 43.9 Å². The third-order valence-electron chi connectivity index (χ3n) is 13.9. The lowest BCUT2D eigenvalue weighted by Crippen LogP contribution is -2.33. The van der Waals surface area contributed by atoms with Gasteiger partial charge in [0.2, 0.25) is 17.1 Å². The van der Waals surface area contributed by atoms with Crippen LogP contribution in [-0.2, 0) is 43.7 Å². The van der Waals surface area contributed by atoms with Crippen LogP contribution in [0.15, 0.2) is 188 Å². The van der Waals surface area contributed by atoms with E-state index in [9.17, 15) is 42.7 Å². The first-order chi connectivity index (χ1) is 37.8. The first-order valence-corrected chi connectivity index (χ1v) is 24.9. The summed E-state index contributed by atoms with van der Waals surface area (Å²) in [6, 6.07) is 45.1. The van der Waals surface area contributed by atoms with E-state index in [0.29, 0.717) is 95.0 Å². The highest BCUT2D eigenvalue weighted by Crippen LogP contribution is 2.57. The number of carboxylic acids is 1. The Bertz CT molecular complexity index is 3670. The van der Waals surface area contributed by atoms with Crippen molar-refractivity contribution in [3.05, 3.63) is 253 Å². The van der Waals surface area contributed by atoms with E-state index in [2.05, 4.69) is 0 Å². The minimum atomic E-state index is -4.51. The van der Waals surface area contributed by atoms with Gasteiger partial charge in [-0.25, -0.2) is 9.59 Å². The molecule has 80 heavy (non-hydrogen) atoms. The Kier molecular flexibility index (Phi) is 17.0. The highest BCUT2D eigenvalue weighted by atomic mass is 19.4. The maximum atomic E-state index is 13.7.